The van der Waals surface area contributed by atoms with Gasteiger partial charge in [-0.3, -0.25) is 0 Å². The molecule has 0 saturated carbocycles. The van der Waals surface area contributed by atoms with Crippen molar-refractivity contribution >= 4 is 0 Å². The molecule has 0 rings (SSSR count). The van der Waals surface area contributed by atoms with Crippen molar-refractivity contribution < 1.29 is 9.84 Å². The van der Waals surface area contributed by atoms with Crippen molar-refractivity contribution in [3.05, 3.63) is 6.92 Å². The summed E-state index contributed by atoms with van der Waals surface area (Å²) in [5.74, 6) is 0. The van der Waals surface area contributed by atoms with Crippen LogP contribution in [0.2, 0.25) is 0 Å². The minimum absolute atomic E-state index is 0.227. The average molecular weight is 131 g/mol. The molecule has 0 spiro atoms. The SMILES string of the molecule is [CH2]CCCOCCCO. The van der Waals surface area contributed by atoms with E-state index in [1.807, 2.05) is 0 Å². The van der Waals surface area contributed by atoms with Crippen molar-refractivity contribution in [1.29, 1.82) is 0 Å². The molecule has 0 aromatic rings. The van der Waals surface area contributed by atoms with Crippen LogP contribution in [-0.2, 0) is 4.74 Å². The first-order valence-electron chi connectivity index (χ1n) is 3.39. The molecule has 0 amide bonds. The Morgan fingerprint density at radius 1 is 1.22 bits per heavy atom. The fraction of sp³-hybridized carbons (Fsp3) is 0.857. The number of aliphatic hydroxyl groups is 1. The Bertz CT molecular complexity index is 40.2. The van der Waals surface area contributed by atoms with Gasteiger partial charge >= 0.3 is 0 Å². The predicted octanol–water partition coefficient (Wildman–Crippen LogP) is 1.000. The summed E-state index contributed by atoms with van der Waals surface area (Å²) in [6, 6.07) is 0. The Kier molecular flexibility index (Phi) is 7.85. The highest BCUT2D eigenvalue weighted by Gasteiger charge is 1.85. The topological polar surface area (TPSA) is 29.5 Å². The molecule has 0 saturated heterocycles. The lowest BCUT2D eigenvalue weighted by Gasteiger charge is -1.99. The second-order valence-electron chi connectivity index (χ2n) is 1.90. The minimum atomic E-state index is 0.227. The van der Waals surface area contributed by atoms with Crippen LogP contribution in [0.3, 0.4) is 0 Å². The molecule has 1 N–H and O–H groups in total. The number of ether oxygens (including phenoxy) is 1. The van der Waals surface area contributed by atoms with Gasteiger partial charge in [0, 0.05) is 19.8 Å². The summed E-state index contributed by atoms with van der Waals surface area (Å²) in [7, 11) is 0. The van der Waals surface area contributed by atoms with Crippen LogP contribution in [-0.4, -0.2) is 24.9 Å². The zero-order chi connectivity index (χ0) is 6.95. The van der Waals surface area contributed by atoms with Crippen molar-refractivity contribution in [1.82, 2.24) is 0 Å². The third kappa shape index (κ3) is 7.92. The lowest BCUT2D eigenvalue weighted by Crippen LogP contribution is -1.98. The Morgan fingerprint density at radius 3 is 2.44 bits per heavy atom. The number of hydrogen-bond donors (Lipinski definition) is 1. The lowest BCUT2D eigenvalue weighted by molar-refractivity contribution is 0.114. The Labute approximate surface area is 56.8 Å². The molecule has 0 heterocycles. The van der Waals surface area contributed by atoms with Crippen LogP contribution in [0.1, 0.15) is 19.3 Å². The van der Waals surface area contributed by atoms with E-state index >= 15 is 0 Å². The van der Waals surface area contributed by atoms with E-state index in [0.717, 1.165) is 25.9 Å². The van der Waals surface area contributed by atoms with E-state index in [0.29, 0.717) is 6.61 Å². The van der Waals surface area contributed by atoms with Gasteiger partial charge in [0.05, 0.1) is 0 Å². The predicted molar refractivity (Wildman–Crippen MR) is 37.1 cm³/mol. The molecule has 0 unspecified atom stereocenters. The summed E-state index contributed by atoms with van der Waals surface area (Å²) < 4.78 is 5.11. The zero-order valence-corrected chi connectivity index (χ0v) is 5.81. The summed E-state index contributed by atoms with van der Waals surface area (Å²) in [5.41, 5.74) is 0. The molecule has 0 bridgehead atoms. The van der Waals surface area contributed by atoms with E-state index in [1.54, 1.807) is 0 Å². The van der Waals surface area contributed by atoms with Crippen LogP contribution in [0.25, 0.3) is 0 Å². The van der Waals surface area contributed by atoms with Gasteiger partial charge in [-0.2, -0.15) is 0 Å². The fourth-order valence-corrected chi connectivity index (χ4v) is 0.473. The van der Waals surface area contributed by atoms with Gasteiger partial charge in [-0.15, -0.1) is 0 Å². The largest absolute Gasteiger partial charge is 0.396 e. The summed E-state index contributed by atoms with van der Waals surface area (Å²) in [5, 5.41) is 8.33. The third-order valence-corrected chi connectivity index (χ3v) is 0.985. The molecule has 0 aromatic heterocycles. The lowest BCUT2D eigenvalue weighted by atomic mass is 10.4. The van der Waals surface area contributed by atoms with Gasteiger partial charge < -0.3 is 9.84 Å². The van der Waals surface area contributed by atoms with Crippen LogP contribution >= 0.6 is 0 Å². The van der Waals surface area contributed by atoms with E-state index in [4.69, 9.17) is 9.84 Å². The zero-order valence-electron chi connectivity index (χ0n) is 5.81. The second-order valence-corrected chi connectivity index (χ2v) is 1.90. The van der Waals surface area contributed by atoms with Gasteiger partial charge in [-0.25, -0.2) is 0 Å². The van der Waals surface area contributed by atoms with E-state index in [2.05, 4.69) is 6.92 Å². The maximum atomic E-state index is 8.33. The van der Waals surface area contributed by atoms with Crippen molar-refractivity contribution in [3.63, 3.8) is 0 Å². The molecule has 0 atom stereocenters. The van der Waals surface area contributed by atoms with Gasteiger partial charge in [-0.05, 0) is 12.8 Å². The van der Waals surface area contributed by atoms with Crippen LogP contribution in [0.4, 0.5) is 0 Å². The Hall–Kier alpha value is -0.0800. The number of hydrogen-bond acceptors (Lipinski definition) is 2. The van der Waals surface area contributed by atoms with Gasteiger partial charge in [-0.1, -0.05) is 13.3 Å². The van der Waals surface area contributed by atoms with Crippen LogP contribution in [0, 0.1) is 6.92 Å². The maximum absolute atomic E-state index is 8.33. The van der Waals surface area contributed by atoms with Crippen molar-refractivity contribution in [2.75, 3.05) is 19.8 Å². The average Bonchev–Trinajstić information content (AvgIpc) is 1.89. The molecule has 55 valence electrons. The second kappa shape index (κ2) is 7.92. The van der Waals surface area contributed by atoms with Crippen LogP contribution in [0.15, 0.2) is 0 Å². The normalized spacial score (nSPS) is 10.0. The Morgan fingerprint density at radius 2 is 1.89 bits per heavy atom. The molecule has 0 fully saturated rings. The highest BCUT2D eigenvalue weighted by Crippen LogP contribution is 1.88. The van der Waals surface area contributed by atoms with E-state index in [1.165, 1.54) is 0 Å². The molecule has 1 radical (unpaired) electrons. The van der Waals surface area contributed by atoms with Crippen LogP contribution in [0.5, 0.6) is 0 Å². The van der Waals surface area contributed by atoms with Crippen molar-refractivity contribution in [2.45, 2.75) is 19.3 Å². The molecule has 0 aliphatic heterocycles. The molecule has 2 nitrogen and oxygen atoms in total. The molecule has 0 aliphatic rings. The maximum Gasteiger partial charge on any atom is 0.0487 e. The van der Waals surface area contributed by atoms with Crippen molar-refractivity contribution in [2.24, 2.45) is 0 Å². The molecule has 0 aliphatic carbocycles. The summed E-state index contributed by atoms with van der Waals surface area (Å²) in [6.45, 7) is 5.36. The first-order valence-corrected chi connectivity index (χ1v) is 3.39. The summed E-state index contributed by atoms with van der Waals surface area (Å²) >= 11 is 0. The monoisotopic (exact) mass is 131 g/mol. The van der Waals surface area contributed by atoms with Gasteiger partial charge in [0.25, 0.3) is 0 Å². The van der Waals surface area contributed by atoms with Gasteiger partial charge in [0.1, 0.15) is 0 Å². The highest BCUT2D eigenvalue weighted by molar-refractivity contribution is 4.39. The molecular formula is C7H15O2. The third-order valence-electron chi connectivity index (χ3n) is 0.985. The molecular weight excluding hydrogens is 116 g/mol. The summed E-state index contributed by atoms with van der Waals surface area (Å²) in [6.07, 6.45) is 2.70. The molecule has 0 aromatic carbocycles. The molecule has 2 heteroatoms. The van der Waals surface area contributed by atoms with E-state index in [9.17, 15) is 0 Å². The number of unbranched alkanes of at least 4 members (excludes halogenated alkanes) is 1. The number of rotatable bonds is 6. The van der Waals surface area contributed by atoms with E-state index < -0.39 is 0 Å². The van der Waals surface area contributed by atoms with Gasteiger partial charge in [0.2, 0.25) is 0 Å². The fourth-order valence-electron chi connectivity index (χ4n) is 0.473. The quantitative estimate of drug-likeness (QED) is 0.545. The smallest absolute Gasteiger partial charge is 0.0487 e. The first kappa shape index (κ1) is 8.92. The van der Waals surface area contributed by atoms with E-state index in [-0.39, 0.29) is 6.61 Å². The minimum Gasteiger partial charge on any atom is -0.396 e. The van der Waals surface area contributed by atoms with Crippen molar-refractivity contribution in [3.8, 4) is 0 Å². The first-order chi connectivity index (χ1) is 4.41. The standard InChI is InChI=1S/C7H15O2/c1-2-3-6-9-7-4-5-8/h8H,1-7H2. The summed E-state index contributed by atoms with van der Waals surface area (Å²) in [4.78, 5) is 0. The number of aliphatic hydroxyl groups excluding tert-OH is 1. The molecule has 9 heavy (non-hydrogen) atoms. The highest BCUT2D eigenvalue weighted by atomic mass is 16.5. The van der Waals surface area contributed by atoms with Crippen LogP contribution < -0.4 is 0 Å². The van der Waals surface area contributed by atoms with Gasteiger partial charge in [0.15, 0.2) is 0 Å². The Balaban J connectivity index is 2.60.